The molecule has 1 amide bonds. The monoisotopic (exact) mass is 391 g/mol. The van der Waals surface area contributed by atoms with Crippen LogP contribution in [0.3, 0.4) is 0 Å². The number of amides is 1. The van der Waals surface area contributed by atoms with Gasteiger partial charge in [0.15, 0.2) is 0 Å². The van der Waals surface area contributed by atoms with Crippen LogP contribution in [0.1, 0.15) is 55.3 Å². The quantitative estimate of drug-likeness (QED) is 0.780. The van der Waals surface area contributed by atoms with Gasteiger partial charge < -0.3 is 9.64 Å². The van der Waals surface area contributed by atoms with E-state index in [9.17, 15) is 4.79 Å². The zero-order chi connectivity index (χ0) is 19.7. The number of ether oxygens (including phenoxy) is 1. The summed E-state index contributed by atoms with van der Waals surface area (Å²) >= 11 is 0. The van der Waals surface area contributed by atoms with Crippen molar-refractivity contribution in [2.75, 3.05) is 19.7 Å². The molecule has 0 unspecified atom stereocenters. The standard InChI is InChI=1S/C24H29N3O2/c28-23(24(12-13-24)20-7-2-1-3-8-20)27-14-10-18(11-15-27)17-29-22-16-19-6-4-5-9-21(19)25-26-22/h1-3,7-8,16,18H,4-6,9-15,17H2. The Morgan fingerprint density at radius 3 is 2.59 bits per heavy atom. The highest BCUT2D eigenvalue weighted by Crippen LogP contribution is 2.49. The van der Waals surface area contributed by atoms with Gasteiger partial charge in [0.2, 0.25) is 11.8 Å². The van der Waals surface area contributed by atoms with Crippen LogP contribution < -0.4 is 4.74 Å². The van der Waals surface area contributed by atoms with Crippen LogP contribution in [0.4, 0.5) is 0 Å². The van der Waals surface area contributed by atoms with Gasteiger partial charge in [-0.2, -0.15) is 5.10 Å². The maximum atomic E-state index is 13.2. The van der Waals surface area contributed by atoms with Gasteiger partial charge in [-0.1, -0.05) is 30.3 Å². The number of fused-ring (bicyclic) bond motifs is 1. The number of aromatic nitrogens is 2. The first-order chi connectivity index (χ1) is 14.2. The second-order valence-corrected chi connectivity index (χ2v) is 8.86. The lowest BCUT2D eigenvalue weighted by Gasteiger charge is -2.34. The van der Waals surface area contributed by atoms with E-state index in [-0.39, 0.29) is 5.41 Å². The Hall–Kier alpha value is -2.43. The SMILES string of the molecule is O=C(N1CCC(COc2cc3c(nn2)CCCC3)CC1)C1(c2ccccc2)CC1. The normalized spacial score (nSPS) is 20.8. The molecule has 0 N–H and O–H groups in total. The molecule has 1 aromatic heterocycles. The van der Waals surface area contributed by atoms with Gasteiger partial charge in [-0.3, -0.25) is 4.79 Å². The summed E-state index contributed by atoms with van der Waals surface area (Å²) in [4.78, 5) is 15.3. The molecule has 1 saturated heterocycles. The summed E-state index contributed by atoms with van der Waals surface area (Å²) in [6, 6.07) is 12.4. The number of hydrogen-bond acceptors (Lipinski definition) is 4. The fraction of sp³-hybridized carbons (Fsp3) is 0.542. The van der Waals surface area contributed by atoms with Crippen LogP contribution in [0, 0.1) is 5.92 Å². The van der Waals surface area contributed by atoms with Gasteiger partial charge in [-0.05, 0) is 68.4 Å². The second-order valence-electron chi connectivity index (χ2n) is 8.86. The van der Waals surface area contributed by atoms with Gasteiger partial charge in [-0.25, -0.2) is 0 Å². The molecule has 2 heterocycles. The minimum absolute atomic E-state index is 0.247. The molecule has 1 aliphatic heterocycles. The summed E-state index contributed by atoms with van der Waals surface area (Å²) in [7, 11) is 0. The van der Waals surface area contributed by atoms with Gasteiger partial charge in [-0.15, -0.1) is 5.10 Å². The van der Waals surface area contributed by atoms with Gasteiger partial charge in [0.25, 0.3) is 0 Å². The van der Waals surface area contributed by atoms with E-state index < -0.39 is 0 Å². The van der Waals surface area contributed by atoms with E-state index in [4.69, 9.17) is 4.74 Å². The van der Waals surface area contributed by atoms with Crippen molar-refractivity contribution in [2.24, 2.45) is 5.92 Å². The Morgan fingerprint density at radius 2 is 1.83 bits per heavy atom. The number of carbonyl (C=O) groups excluding carboxylic acids is 1. The van der Waals surface area contributed by atoms with Crippen LogP contribution in [-0.2, 0) is 23.1 Å². The molecular formula is C24H29N3O2. The minimum atomic E-state index is -0.247. The summed E-state index contributed by atoms with van der Waals surface area (Å²) in [6.45, 7) is 2.33. The Bertz CT molecular complexity index is 871. The average Bonchev–Trinajstić information content (AvgIpc) is 3.60. The molecule has 2 fully saturated rings. The molecule has 0 atom stereocenters. The van der Waals surface area contributed by atoms with E-state index in [2.05, 4.69) is 33.3 Å². The van der Waals surface area contributed by atoms with E-state index >= 15 is 0 Å². The van der Waals surface area contributed by atoms with Gasteiger partial charge in [0.1, 0.15) is 0 Å². The second kappa shape index (κ2) is 7.77. The number of carbonyl (C=O) groups is 1. The van der Waals surface area contributed by atoms with Gasteiger partial charge >= 0.3 is 0 Å². The third-order valence-electron chi connectivity index (χ3n) is 6.90. The lowest BCUT2D eigenvalue weighted by Crippen LogP contribution is -2.44. The van der Waals surface area contributed by atoms with Gasteiger partial charge in [0, 0.05) is 19.2 Å². The molecule has 0 spiro atoms. The summed E-state index contributed by atoms with van der Waals surface area (Å²) < 4.78 is 5.98. The van der Waals surface area contributed by atoms with E-state index in [1.807, 2.05) is 18.2 Å². The molecule has 0 radical (unpaired) electrons. The Balaban J connectivity index is 1.14. The largest absolute Gasteiger partial charge is 0.476 e. The summed E-state index contributed by atoms with van der Waals surface area (Å²) in [5.74, 6) is 1.46. The highest BCUT2D eigenvalue weighted by atomic mass is 16.5. The summed E-state index contributed by atoms with van der Waals surface area (Å²) in [5, 5.41) is 8.61. The van der Waals surface area contributed by atoms with Gasteiger partial charge in [0.05, 0.1) is 17.7 Å². The average molecular weight is 392 g/mol. The zero-order valence-electron chi connectivity index (χ0n) is 17.0. The third kappa shape index (κ3) is 3.75. The smallest absolute Gasteiger partial charge is 0.233 e. The van der Waals surface area contributed by atoms with Crippen LogP contribution in [-0.4, -0.2) is 40.7 Å². The zero-order valence-corrected chi connectivity index (χ0v) is 17.0. The molecule has 5 rings (SSSR count). The fourth-order valence-electron chi connectivity index (χ4n) is 4.86. The lowest BCUT2D eigenvalue weighted by molar-refractivity contribution is -0.135. The molecule has 2 aromatic rings. The van der Waals surface area contributed by atoms with Crippen molar-refractivity contribution >= 4 is 5.91 Å². The highest BCUT2D eigenvalue weighted by Gasteiger charge is 2.53. The number of aryl methyl sites for hydroxylation is 2. The van der Waals surface area contributed by atoms with E-state index in [1.165, 1.54) is 24.0 Å². The maximum Gasteiger partial charge on any atom is 0.233 e. The molecule has 29 heavy (non-hydrogen) atoms. The molecule has 152 valence electrons. The first-order valence-corrected chi connectivity index (χ1v) is 11.1. The van der Waals surface area contributed by atoms with Crippen LogP contribution in [0.2, 0.25) is 0 Å². The number of likely N-dealkylation sites (tertiary alicyclic amines) is 1. The van der Waals surface area contributed by atoms with Crippen molar-refractivity contribution in [2.45, 2.75) is 56.8 Å². The van der Waals surface area contributed by atoms with Crippen LogP contribution in [0.15, 0.2) is 36.4 Å². The molecule has 5 heteroatoms. The number of nitrogens with zero attached hydrogens (tertiary/aromatic N) is 3. The van der Waals surface area contributed by atoms with Crippen LogP contribution in [0.5, 0.6) is 5.88 Å². The molecular weight excluding hydrogens is 362 g/mol. The molecule has 5 nitrogen and oxygen atoms in total. The Labute approximate surface area is 172 Å². The summed E-state index contributed by atoms with van der Waals surface area (Å²) in [5.41, 5.74) is 3.38. The van der Waals surface area contributed by atoms with Crippen molar-refractivity contribution in [1.29, 1.82) is 0 Å². The fourth-order valence-corrected chi connectivity index (χ4v) is 4.86. The number of hydrogen-bond donors (Lipinski definition) is 0. The highest BCUT2D eigenvalue weighted by molar-refractivity contribution is 5.91. The lowest BCUT2D eigenvalue weighted by atomic mass is 9.91. The Morgan fingerprint density at radius 1 is 1.07 bits per heavy atom. The predicted octanol–water partition coefficient (Wildman–Crippen LogP) is 3.70. The first-order valence-electron chi connectivity index (χ1n) is 11.1. The maximum absolute atomic E-state index is 13.2. The molecule has 1 aromatic carbocycles. The van der Waals surface area contributed by atoms with E-state index in [1.54, 1.807) is 0 Å². The van der Waals surface area contributed by atoms with Crippen LogP contribution >= 0.6 is 0 Å². The Kier molecular flexibility index (Phi) is 4.98. The first kappa shape index (κ1) is 18.6. The molecule has 3 aliphatic rings. The number of rotatable bonds is 5. The third-order valence-corrected chi connectivity index (χ3v) is 6.90. The molecule has 2 aliphatic carbocycles. The van der Waals surface area contributed by atoms with Crippen molar-refractivity contribution in [1.82, 2.24) is 15.1 Å². The van der Waals surface area contributed by atoms with E-state index in [0.29, 0.717) is 24.3 Å². The summed E-state index contributed by atoms with van der Waals surface area (Å²) in [6.07, 6.45) is 8.53. The predicted molar refractivity (Wildman–Crippen MR) is 111 cm³/mol. The minimum Gasteiger partial charge on any atom is -0.476 e. The van der Waals surface area contributed by atoms with E-state index in [0.717, 1.165) is 57.3 Å². The van der Waals surface area contributed by atoms with Crippen molar-refractivity contribution in [3.8, 4) is 5.88 Å². The number of benzene rings is 1. The number of piperidine rings is 1. The van der Waals surface area contributed by atoms with Crippen molar-refractivity contribution < 1.29 is 9.53 Å². The van der Waals surface area contributed by atoms with Crippen LogP contribution in [0.25, 0.3) is 0 Å². The topological polar surface area (TPSA) is 55.3 Å². The van der Waals surface area contributed by atoms with Crippen molar-refractivity contribution in [3.05, 3.63) is 53.2 Å². The van der Waals surface area contributed by atoms with Crippen molar-refractivity contribution in [3.63, 3.8) is 0 Å². The molecule has 1 saturated carbocycles. The molecule has 0 bridgehead atoms.